The molecule has 1 unspecified atom stereocenters. The van der Waals surface area contributed by atoms with E-state index in [0.717, 1.165) is 10.5 Å². The van der Waals surface area contributed by atoms with Crippen LogP contribution in [-0.4, -0.2) is 31.2 Å². The van der Waals surface area contributed by atoms with E-state index < -0.39 is 0 Å². The topological polar surface area (TPSA) is 0 Å². The molecule has 0 amide bonds. The van der Waals surface area contributed by atoms with Crippen LogP contribution < -0.4 is 0 Å². The van der Waals surface area contributed by atoms with Crippen LogP contribution in [0.5, 0.6) is 0 Å². The number of rotatable bonds is 16. The second-order valence-corrected chi connectivity index (χ2v) is 8.76. The summed E-state index contributed by atoms with van der Waals surface area (Å²) >= 11 is 0. The van der Waals surface area contributed by atoms with E-state index in [4.69, 9.17) is 0 Å². The average molecular weight is 361 g/mol. The van der Waals surface area contributed by atoms with Crippen LogP contribution in [-0.2, 0) is 6.42 Å². The third kappa shape index (κ3) is 10.4. The number of hydrogen-bond acceptors (Lipinski definition) is 0. The first-order chi connectivity index (χ1) is 12.6. The standard InChI is InChI=1S/C25H46N/c1-5-7-8-9-10-11-12-13-14-15-19-22-25(26(3,4)6-2)23-24-20-17-16-18-21-24/h16-18,20-21,25H,5-15,19,22-23H2,1-4H3/q+1. The molecule has 0 N–H and O–H groups in total. The molecular formula is C25H46N+. The van der Waals surface area contributed by atoms with Gasteiger partial charge in [-0.2, -0.15) is 0 Å². The quantitative estimate of drug-likeness (QED) is 0.213. The summed E-state index contributed by atoms with van der Waals surface area (Å²) in [5.41, 5.74) is 1.50. The monoisotopic (exact) mass is 360 g/mol. The maximum absolute atomic E-state index is 2.41. The molecule has 0 aliphatic rings. The summed E-state index contributed by atoms with van der Waals surface area (Å²) in [5, 5.41) is 0. The van der Waals surface area contributed by atoms with Gasteiger partial charge in [-0.05, 0) is 25.3 Å². The number of unbranched alkanes of at least 4 members (excludes halogenated alkanes) is 10. The number of nitrogens with zero attached hydrogens (tertiary/aromatic N) is 1. The lowest BCUT2D eigenvalue weighted by Crippen LogP contribution is -2.49. The number of hydrogen-bond donors (Lipinski definition) is 0. The Balaban J connectivity index is 2.18. The van der Waals surface area contributed by atoms with Crippen molar-refractivity contribution in [3.05, 3.63) is 35.9 Å². The van der Waals surface area contributed by atoms with E-state index in [-0.39, 0.29) is 0 Å². The molecule has 0 saturated heterocycles. The molecule has 1 aromatic carbocycles. The Morgan fingerprint density at radius 1 is 0.692 bits per heavy atom. The highest BCUT2D eigenvalue weighted by Gasteiger charge is 2.26. The van der Waals surface area contributed by atoms with Crippen LogP contribution in [0.1, 0.15) is 96.5 Å². The maximum Gasteiger partial charge on any atom is 0.0926 e. The SMILES string of the molecule is CCCCCCCCCCCCCC(Cc1ccccc1)[N+](C)(C)CC. The van der Waals surface area contributed by atoms with Crippen LogP contribution in [0.25, 0.3) is 0 Å². The van der Waals surface area contributed by atoms with E-state index in [9.17, 15) is 0 Å². The molecule has 0 bridgehead atoms. The minimum absolute atomic E-state index is 0.751. The van der Waals surface area contributed by atoms with Gasteiger partial charge in [-0.25, -0.2) is 0 Å². The molecule has 26 heavy (non-hydrogen) atoms. The highest BCUT2D eigenvalue weighted by molar-refractivity contribution is 5.15. The predicted molar refractivity (Wildman–Crippen MR) is 118 cm³/mol. The third-order valence-corrected chi connectivity index (χ3v) is 6.26. The third-order valence-electron chi connectivity index (χ3n) is 6.26. The van der Waals surface area contributed by atoms with E-state index in [1.54, 1.807) is 0 Å². The van der Waals surface area contributed by atoms with Crippen LogP contribution in [0.4, 0.5) is 0 Å². The van der Waals surface area contributed by atoms with E-state index in [1.807, 2.05) is 0 Å². The number of likely N-dealkylation sites (N-methyl/N-ethyl adjacent to an activating group) is 1. The lowest BCUT2D eigenvalue weighted by molar-refractivity contribution is -0.913. The maximum atomic E-state index is 2.41. The van der Waals surface area contributed by atoms with Gasteiger partial charge in [-0.1, -0.05) is 101 Å². The van der Waals surface area contributed by atoms with Gasteiger partial charge in [0, 0.05) is 6.42 Å². The summed E-state index contributed by atoms with van der Waals surface area (Å²) in [6, 6.07) is 11.8. The molecule has 0 heterocycles. The second-order valence-electron chi connectivity index (χ2n) is 8.76. The van der Waals surface area contributed by atoms with Gasteiger partial charge in [0.15, 0.2) is 0 Å². The Morgan fingerprint density at radius 2 is 1.19 bits per heavy atom. The first-order valence-corrected chi connectivity index (χ1v) is 11.5. The van der Waals surface area contributed by atoms with Gasteiger partial charge in [0.2, 0.25) is 0 Å². The van der Waals surface area contributed by atoms with Crippen molar-refractivity contribution >= 4 is 0 Å². The molecule has 1 aromatic rings. The van der Waals surface area contributed by atoms with Crippen molar-refractivity contribution in [1.82, 2.24) is 0 Å². The van der Waals surface area contributed by atoms with Gasteiger partial charge in [0.25, 0.3) is 0 Å². The first kappa shape index (κ1) is 23.2. The fraction of sp³-hybridized carbons (Fsp3) is 0.760. The highest BCUT2D eigenvalue weighted by atomic mass is 15.3. The van der Waals surface area contributed by atoms with E-state index in [0.29, 0.717) is 0 Å². The zero-order valence-electron chi connectivity index (χ0n) is 18.3. The zero-order valence-corrected chi connectivity index (χ0v) is 18.3. The van der Waals surface area contributed by atoms with Crippen LogP contribution in [0.2, 0.25) is 0 Å². The van der Waals surface area contributed by atoms with Crippen molar-refractivity contribution in [3.63, 3.8) is 0 Å². The van der Waals surface area contributed by atoms with Gasteiger partial charge in [-0.3, -0.25) is 0 Å². The fourth-order valence-electron chi connectivity index (χ4n) is 3.89. The zero-order chi connectivity index (χ0) is 19.1. The molecule has 0 saturated carbocycles. The van der Waals surface area contributed by atoms with Crippen LogP contribution in [0.15, 0.2) is 30.3 Å². The number of quaternary nitrogens is 1. The molecule has 1 atom stereocenters. The molecule has 0 radical (unpaired) electrons. The lowest BCUT2D eigenvalue weighted by atomic mass is 9.97. The fourth-order valence-corrected chi connectivity index (χ4v) is 3.89. The Bertz CT molecular complexity index is 423. The molecule has 1 heteroatoms. The predicted octanol–water partition coefficient (Wildman–Crippen LogP) is 7.40. The summed E-state index contributed by atoms with van der Waals surface area (Å²) in [7, 11) is 4.82. The Kier molecular flexibility index (Phi) is 12.7. The normalized spacial score (nSPS) is 13.1. The molecule has 0 aromatic heterocycles. The molecule has 0 aliphatic heterocycles. The minimum Gasteiger partial charge on any atom is -0.326 e. The molecule has 0 fully saturated rings. The smallest absolute Gasteiger partial charge is 0.0926 e. The van der Waals surface area contributed by atoms with E-state index in [1.165, 1.54) is 95.6 Å². The van der Waals surface area contributed by atoms with Crippen molar-refractivity contribution < 1.29 is 4.48 Å². The van der Waals surface area contributed by atoms with Crippen molar-refractivity contribution in [1.29, 1.82) is 0 Å². The molecule has 150 valence electrons. The molecule has 1 nitrogen and oxygen atoms in total. The van der Waals surface area contributed by atoms with Crippen molar-refractivity contribution in [2.45, 2.75) is 103 Å². The Hall–Kier alpha value is -0.820. The Morgan fingerprint density at radius 3 is 1.69 bits per heavy atom. The molecular weight excluding hydrogens is 314 g/mol. The van der Waals surface area contributed by atoms with Crippen molar-refractivity contribution in [2.24, 2.45) is 0 Å². The molecule has 0 aliphatic carbocycles. The van der Waals surface area contributed by atoms with Crippen molar-refractivity contribution in [2.75, 3.05) is 20.6 Å². The average Bonchev–Trinajstić information content (AvgIpc) is 2.66. The summed E-state index contributed by atoms with van der Waals surface area (Å²) in [4.78, 5) is 0. The summed E-state index contributed by atoms with van der Waals surface area (Å²) in [6.07, 6.45) is 18.4. The van der Waals surface area contributed by atoms with Crippen molar-refractivity contribution in [3.8, 4) is 0 Å². The first-order valence-electron chi connectivity index (χ1n) is 11.5. The largest absolute Gasteiger partial charge is 0.326 e. The Labute approximate surface area is 164 Å². The highest BCUT2D eigenvalue weighted by Crippen LogP contribution is 2.20. The van der Waals surface area contributed by atoms with Gasteiger partial charge >= 0.3 is 0 Å². The van der Waals surface area contributed by atoms with Crippen LogP contribution >= 0.6 is 0 Å². The van der Waals surface area contributed by atoms with Gasteiger partial charge < -0.3 is 4.48 Å². The summed E-state index contributed by atoms with van der Waals surface area (Å²) in [5.74, 6) is 0. The summed E-state index contributed by atoms with van der Waals surface area (Å²) in [6.45, 7) is 5.85. The van der Waals surface area contributed by atoms with Crippen LogP contribution in [0, 0.1) is 0 Å². The van der Waals surface area contributed by atoms with Crippen LogP contribution in [0.3, 0.4) is 0 Å². The van der Waals surface area contributed by atoms with Gasteiger partial charge in [0.1, 0.15) is 0 Å². The van der Waals surface area contributed by atoms with Gasteiger partial charge in [-0.15, -0.1) is 0 Å². The minimum atomic E-state index is 0.751. The molecule has 0 spiro atoms. The second kappa shape index (κ2) is 14.3. The summed E-state index contributed by atoms with van der Waals surface area (Å²) < 4.78 is 1.15. The van der Waals surface area contributed by atoms with E-state index in [2.05, 4.69) is 58.3 Å². The number of benzene rings is 1. The van der Waals surface area contributed by atoms with Gasteiger partial charge in [0.05, 0.1) is 26.7 Å². The molecule has 1 rings (SSSR count). The lowest BCUT2D eigenvalue weighted by Gasteiger charge is -2.37. The van der Waals surface area contributed by atoms with E-state index >= 15 is 0 Å².